The quantitative estimate of drug-likeness (QED) is 0.721. The first-order chi connectivity index (χ1) is 16.9. The van der Waals surface area contributed by atoms with Gasteiger partial charge in [-0.3, -0.25) is 14.4 Å². The molecule has 2 aromatic rings. The van der Waals surface area contributed by atoms with Crippen LogP contribution in [0.5, 0.6) is 0 Å². The molecular formula is C28H33N3O4. The monoisotopic (exact) mass is 475 g/mol. The fourth-order valence-electron chi connectivity index (χ4n) is 6.06. The van der Waals surface area contributed by atoms with Gasteiger partial charge in [-0.15, -0.1) is 0 Å². The smallest absolute Gasteiger partial charge is 0.253 e. The van der Waals surface area contributed by atoms with Gasteiger partial charge in [0.05, 0.1) is 25.2 Å². The minimum absolute atomic E-state index is 0.00253. The number of carbonyl (C=O) groups excluding carboxylic acids is 3. The first-order valence-corrected chi connectivity index (χ1v) is 12.5. The van der Waals surface area contributed by atoms with Crippen LogP contribution in [-0.4, -0.2) is 83.4 Å². The van der Waals surface area contributed by atoms with Crippen LogP contribution >= 0.6 is 0 Å². The molecular weight excluding hydrogens is 442 g/mol. The minimum atomic E-state index is -0.251. The van der Waals surface area contributed by atoms with Crippen molar-refractivity contribution in [3.63, 3.8) is 0 Å². The number of nitrogens with zero attached hydrogens (tertiary/aromatic N) is 3. The van der Waals surface area contributed by atoms with Gasteiger partial charge in [0.2, 0.25) is 11.8 Å². The lowest BCUT2D eigenvalue weighted by atomic mass is 9.73. The van der Waals surface area contributed by atoms with Crippen LogP contribution in [0, 0.1) is 5.92 Å². The Labute approximate surface area is 206 Å². The number of hydrogen-bond acceptors (Lipinski definition) is 4. The Balaban J connectivity index is 1.33. The second kappa shape index (κ2) is 9.46. The van der Waals surface area contributed by atoms with Gasteiger partial charge in [-0.05, 0) is 41.7 Å². The lowest BCUT2D eigenvalue weighted by molar-refractivity contribution is -0.168. The summed E-state index contributed by atoms with van der Waals surface area (Å²) in [5, 5.41) is 10.1. The average Bonchev–Trinajstić information content (AvgIpc) is 3.40. The van der Waals surface area contributed by atoms with E-state index in [1.807, 2.05) is 36.4 Å². The maximum Gasteiger partial charge on any atom is 0.253 e. The normalized spacial score (nSPS) is 24.2. The summed E-state index contributed by atoms with van der Waals surface area (Å²) in [6.07, 6.45) is 4.02. The maximum absolute atomic E-state index is 13.0. The molecule has 0 aromatic heterocycles. The van der Waals surface area contributed by atoms with Crippen molar-refractivity contribution in [2.75, 3.05) is 33.8 Å². The van der Waals surface area contributed by atoms with Crippen LogP contribution in [0.4, 0.5) is 0 Å². The Bertz CT molecular complexity index is 1110. The van der Waals surface area contributed by atoms with Crippen molar-refractivity contribution in [2.24, 2.45) is 5.92 Å². The van der Waals surface area contributed by atoms with Crippen molar-refractivity contribution >= 4 is 17.7 Å². The molecule has 2 aliphatic heterocycles. The molecule has 35 heavy (non-hydrogen) atoms. The van der Waals surface area contributed by atoms with E-state index >= 15 is 0 Å². The predicted octanol–water partition coefficient (Wildman–Crippen LogP) is 2.74. The van der Waals surface area contributed by atoms with E-state index in [4.69, 9.17) is 0 Å². The van der Waals surface area contributed by atoms with E-state index in [1.165, 1.54) is 0 Å². The number of aliphatic hydroxyl groups excluding tert-OH is 1. The first kappa shape index (κ1) is 23.5. The van der Waals surface area contributed by atoms with Crippen LogP contribution < -0.4 is 0 Å². The van der Waals surface area contributed by atoms with Gasteiger partial charge in [0.1, 0.15) is 0 Å². The van der Waals surface area contributed by atoms with Gasteiger partial charge in [0.25, 0.3) is 5.91 Å². The zero-order chi connectivity index (χ0) is 24.7. The molecule has 3 aliphatic rings. The lowest BCUT2D eigenvalue weighted by Gasteiger charge is -2.59. The van der Waals surface area contributed by atoms with Crippen LogP contribution in [0.2, 0.25) is 0 Å². The summed E-state index contributed by atoms with van der Waals surface area (Å²) < 4.78 is 0. The van der Waals surface area contributed by atoms with Gasteiger partial charge in [0, 0.05) is 38.0 Å². The fraction of sp³-hybridized carbons (Fsp3) is 0.464. The third kappa shape index (κ3) is 4.22. The van der Waals surface area contributed by atoms with Gasteiger partial charge in [-0.1, -0.05) is 49.2 Å². The Morgan fingerprint density at radius 2 is 1.57 bits per heavy atom. The molecule has 184 valence electrons. The second-order valence-electron chi connectivity index (χ2n) is 10.2. The molecule has 1 N–H and O–H groups in total. The summed E-state index contributed by atoms with van der Waals surface area (Å²) in [5.41, 5.74) is 3.76. The van der Waals surface area contributed by atoms with E-state index in [1.54, 1.807) is 28.8 Å². The molecule has 3 amide bonds. The Kier molecular flexibility index (Phi) is 6.36. The van der Waals surface area contributed by atoms with Gasteiger partial charge in [-0.25, -0.2) is 0 Å². The van der Waals surface area contributed by atoms with E-state index in [0.717, 1.165) is 42.4 Å². The highest BCUT2D eigenvalue weighted by atomic mass is 16.3. The summed E-state index contributed by atoms with van der Waals surface area (Å²) >= 11 is 0. The lowest BCUT2D eigenvalue weighted by Crippen LogP contribution is -2.73. The molecule has 3 fully saturated rings. The van der Waals surface area contributed by atoms with Crippen LogP contribution in [0.3, 0.4) is 0 Å². The van der Waals surface area contributed by atoms with Crippen LogP contribution in [-0.2, 0) is 9.59 Å². The Hall–Kier alpha value is -3.19. The highest BCUT2D eigenvalue weighted by Gasteiger charge is 2.54. The summed E-state index contributed by atoms with van der Waals surface area (Å²) in [7, 11) is 3.47. The third-order valence-electron chi connectivity index (χ3n) is 7.94. The molecule has 1 saturated carbocycles. The van der Waals surface area contributed by atoms with Crippen molar-refractivity contribution in [3.8, 4) is 11.1 Å². The van der Waals surface area contributed by atoms with E-state index in [9.17, 15) is 19.5 Å². The molecule has 1 aliphatic carbocycles. The number of benzene rings is 2. The number of piperazine rings is 1. The molecule has 7 heteroatoms. The van der Waals surface area contributed by atoms with Crippen molar-refractivity contribution < 1.29 is 19.5 Å². The number of rotatable bonds is 5. The predicted molar refractivity (Wildman–Crippen MR) is 133 cm³/mol. The summed E-state index contributed by atoms with van der Waals surface area (Å²) in [6.45, 7) is 0.568. The van der Waals surface area contributed by atoms with Crippen LogP contribution in [0.25, 0.3) is 11.1 Å². The molecule has 7 nitrogen and oxygen atoms in total. The number of hydrogen-bond donors (Lipinski definition) is 1. The molecule has 5 rings (SSSR count). The number of aliphatic hydroxyl groups is 1. The standard InChI is InChI=1S/C28H33N3O4/c1-29(2)27(34)22-13-9-19(10-14-22)18-7-11-20(12-8-18)26-23-15-30(28(35)21-5-3-4-6-21)16-25(33)31(23)24(26)17-32/h7-14,21,23-24,26,32H,3-6,15-17H2,1-2H3/t23-,24+,26-/m1/s1. The second-order valence-corrected chi connectivity index (χ2v) is 10.2. The summed E-state index contributed by atoms with van der Waals surface area (Å²) in [6, 6.07) is 15.4. The molecule has 2 aromatic carbocycles. The van der Waals surface area contributed by atoms with Crippen LogP contribution in [0.15, 0.2) is 48.5 Å². The third-order valence-corrected chi connectivity index (χ3v) is 7.94. The largest absolute Gasteiger partial charge is 0.394 e. The van der Waals surface area contributed by atoms with Gasteiger partial charge in [0.15, 0.2) is 0 Å². The highest BCUT2D eigenvalue weighted by Crippen LogP contribution is 2.43. The zero-order valence-electron chi connectivity index (χ0n) is 20.4. The van der Waals surface area contributed by atoms with Gasteiger partial charge < -0.3 is 19.8 Å². The fourth-order valence-corrected chi connectivity index (χ4v) is 6.06. The van der Waals surface area contributed by atoms with E-state index in [0.29, 0.717) is 12.1 Å². The van der Waals surface area contributed by atoms with Crippen molar-refractivity contribution in [3.05, 3.63) is 59.7 Å². The van der Waals surface area contributed by atoms with Crippen molar-refractivity contribution in [1.29, 1.82) is 0 Å². The molecule has 0 unspecified atom stereocenters. The molecule has 2 saturated heterocycles. The van der Waals surface area contributed by atoms with Crippen molar-refractivity contribution in [1.82, 2.24) is 14.7 Å². The van der Waals surface area contributed by atoms with Gasteiger partial charge >= 0.3 is 0 Å². The van der Waals surface area contributed by atoms with E-state index in [-0.39, 0.29) is 54.8 Å². The van der Waals surface area contributed by atoms with E-state index in [2.05, 4.69) is 12.1 Å². The zero-order valence-corrected chi connectivity index (χ0v) is 20.4. The van der Waals surface area contributed by atoms with Crippen molar-refractivity contribution in [2.45, 2.75) is 43.7 Å². The first-order valence-electron chi connectivity index (χ1n) is 12.5. The molecule has 0 spiro atoms. The highest BCUT2D eigenvalue weighted by molar-refractivity contribution is 5.94. The summed E-state index contributed by atoms with van der Waals surface area (Å²) in [4.78, 5) is 43.1. The molecule has 2 heterocycles. The number of fused-ring (bicyclic) bond motifs is 1. The molecule has 3 atom stereocenters. The topological polar surface area (TPSA) is 81.2 Å². The molecule has 0 bridgehead atoms. The summed E-state index contributed by atoms with van der Waals surface area (Å²) in [5.74, 6) is 0.0801. The SMILES string of the molecule is CN(C)C(=O)c1ccc(-c2ccc([C@@H]3[C@H]4CN(C(=O)C5CCCC5)CC(=O)N4[C@H]3CO)cc2)cc1. The number of amides is 3. The number of carbonyl (C=O) groups is 3. The maximum atomic E-state index is 13.0. The van der Waals surface area contributed by atoms with Crippen LogP contribution in [0.1, 0.15) is 47.5 Å². The Morgan fingerprint density at radius 1 is 0.971 bits per heavy atom. The average molecular weight is 476 g/mol. The van der Waals surface area contributed by atoms with Gasteiger partial charge in [-0.2, -0.15) is 0 Å². The minimum Gasteiger partial charge on any atom is -0.394 e. The Morgan fingerprint density at radius 3 is 2.14 bits per heavy atom. The molecule has 0 radical (unpaired) electrons. The van der Waals surface area contributed by atoms with E-state index < -0.39 is 0 Å².